The first kappa shape index (κ1) is 28.4. The summed E-state index contributed by atoms with van der Waals surface area (Å²) in [6.45, 7) is 1.24. The third-order valence-electron chi connectivity index (χ3n) is 6.19. The molecule has 0 unspecified atom stereocenters. The second kappa shape index (κ2) is 12.5. The van der Waals surface area contributed by atoms with Crippen LogP contribution >= 0.6 is 0 Å². The van der Waals surface area contributed by atoms with Gasteiger partial charge < -0.3 is 14.8 Å². The minimum Gasteiger partial charge on any atom is -0.497 e. The molecule has 3 aromatic carbocycles. The average Bonchev–Trinajstić information content (AvgIpc) is 3.49. The van der Waals surface area contributed by atoms with Gasteiger partial charge in [0.1, 0.15) is 11.5 Å². The van der Waals surface area contributed by atoms with Gasteiger partial charge in [-0.15, -0.1) is 0 Å². The topological polar surface area (TPSA) is 131 Å². The van der Waals surface area contributed by atoms with Crippen molar-refractivity contribution in [3.63, 3.8) is 0 Å². The van der Waals surface area contributed by atoms with Gasteiger partial charge in [0.25, 0.3) is 15.9 Å². The van der Waals surface area contributed by atoms with Crippen molar-refractivity contribution in [3.8, 4) is 11.5 Å². The Hall–Kier alpha value is -3.61. The van der Waals surface area contributed by atoms with E-state index in [1.165, 1.54) is 35.7 Å². The lowest BCUT2D eigenvalue weighted by Gasteiger charge is -2.15. The van der Waals surface area contributed by atoms with Crippen molar-refractivity contribution in [1.82, 2.24) is 9.62 Å². The van der Waals surface area contributed by atoms with Crippen molar-refractivity contribution in [3.05, 3.63) is 78.4 Å². The minimum absolute atomic E-state index is 0.0429. The highest BCUT2D eigenvalue weighted by atomic mass is 32.2. The lowest BCUT2D eigenvalue weighted by atomic mass is 10.1. The van der Waals surface area contributed by atoms with Gasteiger partial charge in [-0.25, -0.2) is 16.8 Å². The smallest absolute Gasteiger partial charge is 0.261 e. The summed E-state index contributed by atoms with van der Waals surface area (Å²) in [6, 6.07) is 19.0. The maximum Gasteiger partial charge on any atom is 0.261 e. The number of carbonyl (C=O) groups is 1. The Morgan fingerprint density at radius 1 is 0.872 bits per heavy atom. The summed E-state index contributed by atoms with van der Waals surface area (Å²) >= 11 is 0. The number of sulfonamides is 2. The molecule has 0 aliphatic carbocycles. The molecule has 208 valence electrons. The van der Waals surface area contributed by atoms with Crippen molar-refractivity contribution in [2.24, 2.45) is 0 Å². The van der Waals surface area contributed by atoms with Gasteiger partial charge in [-0.05, 0) is 73.4 Å². The van der Waals surface area contributed by atoms with Gasteiger partial charge in [0.2, 0.25) is 10.0 Å². The molecule has 1 aliphatic rings. The van der Waals surface area contributed by atoms with E-state index in [4.69, 9.17) is 9.47 Å². The van der Waals surface area contributed by atoms with Gasteiger partial charge in [-0.1, -0.05) is 18.2 Å². The third-order valence-corrected chi connectivity index (χ3v) is 9.50. The number of methoxy groups -OCH3 is 1. The highest BCUT2D eigenvalue weighted by Gasteiger charge is 2.26. The SMILES string of the molecule is COc1cccc(NS(=O)(=O)c2ccc(OCC(=O)NCCc3ccc(S(=O)(=O)N4CCCC4)cc3)cc2)c1. The van der Waals surface area contributed by atoms with Crippen molar-refractivity contribution in [2.75, 3.05) is 38.1 Å². The van der Waals surface area contributed by atoms with Crippen LogP contribution in [-0.2, 0) is 31.3 Å². The summed E-state index contributed by atoms with van der Waals surface area (Å²) in [6.07, 6.45) is 2.30. The summed E-state index contributed by atoms with van der Waals surface area (Å²) in [5.41, 5.74) is 1.27. The quantitative estimate of drug-likeness (QED) is 0.341. The molecule has 12 heteroatoms. The Balaban J connectivity index is 1.21. The van der Waals surface area contributed by atoms with E-state index >= 15 is 0 Å². The van der Waals surface area contributed by atoms with Gasteiger partial charge >= 0.3 is 0 Å². The maximum atomic E-state index is 12.7. The Morgan fingerprint density at radius 3 is 2.21 bits per heavy atom. The molecule has 39 heavy (non-hydrogen) atoms. The van der Waals surface area contributed by atoms with Gasteiger partial charge in [0.15, 0.2) is 6.61 Å². The number of ether oxygens (including phenoxy) is 2. The predicted molar refractivity (Wildman–Crippen MR) is 147 cm³/mol. The van der Waals surface area contributed by atoms with E-state index in [2.05, 4.69) is 10.0 Å². The standard InChI is InChI=1S/C27H31N3O7S2/c1-36-24-6-4-5-22(19-24)29-38(32,33)25-13-9-23(10-14-25)37-20-27(31)28-16-15-21-7-11-26(12-8-21)39(34,35)30-17-2-3-18-30/h4-14,19,29H,2-3,15-18,20H2,1H3,(H,28,31). The molecule has 1 fully saturated rings. The van der Waals surface area contributed by atoms with E-state index in [0.29, 0.717) is 43.2 Å². The van der Waals surface area contributed by atoms with Gasteiger partial charge in [0.05, 0.1) is 22.6 Å². The number of hydrogen-bond donors (Lipinski definition) is 2. The number of hydrogen-bond acceptors (Lipinski definition) is 7. The molecule has 1 amide bonds. The summed E-state index contributed by atoms with van der Waals surface area (Å²) in [7, 11) is -5.76. The summed E-state index contributed by atoms with van der Waals surface area (Å²) in [5.74, 6) is 0.540. The normalized spacial score (nSPS) is 14.1. The number of nitrogens with one attached hydrogen (secondary N) is 2. The van der Waals surface area contributed by atoms with E-state index in [1.54, 1.807) is 48.5 Å². The number of anilines is 1. The summed E-state index contributed by atoms with van der Waals surface area (Å²) < 4.78 is 65.1. The van der Waals surface area contributed by atoms with Crippen LogP contribution in [0.5, 0.6) is 11.5 Å². The first-order valence-corrected chi connectivity index (χ1v) is 15.4. The Bertz CT molecular complexity index is 1490. The van der Waals surface area contributed by atoms with E-state index in [-0.39, 0.29) is 22.3 Å². The highest BCUT2D eigenvalue weighted by molar-refractivity contribution is 7.92. The third kappa shape index (κ3) is 7.49. The van der Waals surface area contributed by atoms with Crippen molar-refractivity contribution in [2.45, 2.75) is 29.1 Å². The monoisotopic (exact) mass is 573 g/mol. The van der Waals surface area contributed by atoms with Crippen LogP contribution in [0.3, 0.4) is 0 Å². The van der Waals surface area contributed by atoms with E-state index in [9.17, 15) is 21.6 Å². The fourth-order valence-corrected chi connectivity index (χ4v) is 6.63. The van der Waals surface area contributed by atoms with Crippen molar-refractivity contribution in [1.29, 1.82) is 0 Å². The number of nitrogens with zero attached hydrogens (tertiary/aromatic N) is 1. The molecule has 0 aromatic heterocycles. The van der Waals surface area contributed by atoms with Crippen LogP contribution < -0.4 is 19.5 Å². The number of carbonyl (C=O) groups excluding carboxylic acids is 1. The van der Waals surface area contributed by atoms with Crippen LogP contribution in [0.4, 0.5) is 5.69 Å². The van der Waals surface area contributed by atoms with Crippen molar-refractivity contribution >= 4 is 31.6 Å². The second-order valence-electron chi connectivity index (χ2n) is 8.95. The lowest BCUT2D eigenvalue weighted by molar-refractivity contribution is -0.123. The molecule has 0 saturated carbocycles. The molecule has 0 radical (unpaired) electrons. The Kier molecular flexibility index (Phi) is 9.10. The summed E-state index contributed by atoms with van der Waals surface area (Å²) in [4.78, 5) is 12.5. The van der Waals surface area contributed by atoms with E-state index in [1.807, 2.05) is 0 Å². The minimum atomic E-state index is -3.82. The van der Waals surface area contributed by atoms with E-state index in [0.717, 1.165) is 18.4 Å². The van der Waals surface area contributed by atoms with Gasteiger partial charge in [0, 0.05) is 25.7 Å². The van der Waals surface area contributed by atoms with Gasteiger partial charge in [-0.2, -0.15) is 4.31 Å². The number of rotatable bonds is 12. The van der Waals surface area contributed by atoms with Crippen LogP contribution in [0, 0.1) is 0 Å². The van der Waals surface area contributed by atoms with Crippen LogP contribution in [0.2, 0.25) is 0 Å². The molecule has 1 aliphatic heterocycles. The molecule has 4 rings (SSSR count). The average molecular weight is 574 g/mol. The fraction of sp³-hybridized carbons (Fsp3) is 0.296. The highest BCUT2D eigenvalue weighted by Crippen LogP contribution is 2.23. The fourth-order valence-electron chi connectivity index (χ4n) is 4.07. The zero-order valence-electron chi connectivity index (χ0n) is 21.5. The molecule has 0 atom stereocenters. The first-order valence-electron chi connectivity index (χ1n) is 12.4. The zero-order valence-corrected chi connectivity index (χ0v) is 23.1. The lowest BCUT2D eigenvalue weighted by Crippen LogP contribution is -2.30. The maximum absolute atomic E-state index is 12.7. The number of amides is 1. The Morgan fingerprint density at radius 2 is 1.54 bits per heavy atom. The van der Waals surface area contributed by atoms with Crippen LogP contribution in [-0.4, -0.2) is 60.4 Å². The van der Waals surface area contributed by atoms with Crippen LogP contribution in [0.1, 0.15) is 18.4 Å². The molecule has 0 spiro atoms. The van der Waals surface area contributed by atoms with Crippen LogP contribution in [0.15, 0.2) is 82.6 Å². The molecular weight excluding hydrogens is 542 g/mol. The molecular formula is C27H31N3O7S2. The summed E-state index contributed by atoms with van der Waals surface area (Å²) in [5, 5.41) is 2.76. The predicted octanol–water partition coefficient (Wildman–Crippen LogP) is 3.02. The van der Waals surface area contributed by atoms with Crippen molar-refractivity contribution < 1.29 is 31.1 Å². The second-order valence-corrected chi connectivity index (χ2v) is 12.6. The molecule has 1 saturated heterocycles. The van der Waals surface area contributed by atoms with Crippen LogP contribution in [0.25, 0.3) is 0 Å². The molecule has 3 aromatic rings. The molecule has 1 heterocycles. The molecule has 10 nitrogen and oxygen atoms in total. The number of benzene rings is 3. The first-order chi connectivity index (χ1) is 18.7. The molecule has 2 N–H and O–H groups in total. The Labute approximate surface area is 229 Å². The van der Waals surface area contributed by atoms with Gasteiger partial charge in [-0.3, -0.25) is 9.52 Å². The largest absolute Gasteiger partial charge is 0.497 e. The molecule has 0 bridgehead atoms. The zero-order chi connectivity index (χ0) is 27.9. The van der Waals surface area contributed by atoms with E-state index < -0.39 is 20.0 Å².